The van der Waals surface area contributed by atoms with Crippen molar-refractivity contribution in [3.63, 3.8) is 0 Å². The molecule has 0 aromatic heterocycles. The van der Waals surface area contributed by atoms with Crippen LogP contribution >= 0.6 is 0 Å². The van der Waals surface area contributed by atoms with Gasteiger partial charge in [-0.25, -0.2) is 0 Å². The quantitative estimate of drug-likeness (QED) is 0.222. The molecule has 0 spiro atoms. The highest BCUT2D eigenvalue weighted by molar-refractivity contribution is 5.08. The molecule has 236 valence electrons. The maximum absolute atomic E-state index is 4.30. The van der Waals surface area contributed by atoms with E-state index in [2.05, 4.69) is 56.4 Å². The molecule has 9 fully saturated rings. The number of rotatable bonds is 0. The molecular formula is C34H60N8. The summed E-state index contributed by atoms with van der Waals surface area (Å²) in [6, 6.07) is 0. The van der Waals surface area contributed by atoms with Gasteiger partial charge >= 0.3 is 0 Å². The van der Waals surface area contributed by atoms with E-state index in [1.54, 1.807) is 0 Å². The van der Waals surface area contributed by atoms with Crippen LogP contribution in [0, 0.1) is 59.2 Å². The van der Waals surface area contributed by atoms with Gasteiger partial charge in [0.25, 0.3) is 0 Å². The molecule has 18 unspecified atom stereocenters. The van der Waals surface area contributed by atoms with Gasteiger partial charge in [-0.05, 0) is 111 Å². The zero-order valence-electron chi connectivity index (χ0n) is 26.3. The second-order valence-electron chi connectivity index (χ2n) is 16.9. The molecule has 8 nitrogen and oxygen atoms in total. The van der Waals surface area contributed by atoms with E-state index in [-0.39, 0.29) is 0 Å². The van der Waals surface area contributed by atoms with Gasteiger partial charge in [-0.15, -0.1) is 0 Å². The summed E-state index contributed by atoms with van der Waals surface area (Å²) in [5, 5.41) is 34.0. The lowest BCUT2D eigenvalue weighted by molar-refractivity contribution is 0.141. The molecular weight excluding hydrogens is 520 g/mol. The summed E-state index contributed by atoms with van der Waals surface area (Å²) < 4.78 is 0. The van der Waals surface area contributed by atoms with E-state index >= 15 is 0 Å². The van der Waals surface area contributed by atoms with Gasteiger partial charge in [0, 0.05) is 0 Å². The first-order chi connectivity index (χ1) is 20.6. The molecule has 0 aromatic carbocycles. The molecule has 4 saturated carbocycles. The Morgan fingerprint density at radius 2 is 0.524 bits per heavy atom. The highest BCUT2D eigenvalue weighted by Crippen LogP contribution is 2.46. The summed E-state index contributed by atoms with van der Waals surface area (Å²) in [4.78, 5) is 0. The van der Waals surface area contributed by atoms with Crippen LogP contribution in [0.3, 0.4) is 0 Å². The Morgan fingerprint density at radius 3 is 0.810 bits per heavy atom. The number of hydrogen-bond donors (Lipinski definition) is 8. The van der Waals surface area contributed by atoms with Gasteiger partial charge in [-0.1, -0.05) is 52.4 Å². The first-order valence-corrected chi connectivity index (χ1v) is 18.7. The normalized spacial score (nSPS) is 59.0. The van der Waals surface area contributed by atoms with Crippen LogP contribution in [0.15, 0.2) is 0 Å². The van der Waals surface area contributed by atoms with E-state index < -0.39 is 0 Å². The van der Waals surface area contributed by atoms with E-state index in [4.69, 9.17) is 0 Å². The first kappa shape index (κ1) is 27.9. The standard InChI is InChI=1S/C34H60N8/c1-17-11-13-23-25(15-17)33-40-31(23)38-29-21-9-5-3-7-19(21)27(36-29)35-28-20-8-4-6-10-22(20)30(37-28)39-32-24-14-12-18(2)16-26(24)34(41-32)42-33/h17-42H,3-16H2,1-2H3. The second-order valence-corrected chi connectivity index (χ2v) is 16.9. The van der Waals surface area contributed by atoms with Gasteiger partial charge in [0.05, 0.1) is 49.3 Å². The fraction of sp³-hybridized carbons (Fsp3) is 1.00. The fourth-order valence-electron chi connectivity index (χ4n) is 12.4. The molecule has 5 saturated heterocycles. The molecule has 18 atom stereocenters. The Hall–Kier alpha value is -0.320. The van der Waals surface area contributed by atoms with Crippen LogP contribution in [0.1, 0.15) is 104 Å². The molecule has 0 aromatic rings. The molecule has 0 amide bonds. The summed E-state index contributed by atoms with van der Waals surface area (Å²) in [6.45, 7) is 5.00. The highest BCUT2D eigenvalue weighted by atomic mass is 15.4. The maximum Gasteiger partial charge on any atom is 0.0628 e. The summed E-state index contributed by atoms with van der Waals surface area (Å²) >= 11 is 0. The van der Waals surface area contributed by atoms with Gasteiger partial charge in [-0.3, -0.25) is 42.5 Å². The predicted molar refractivity (Wildman–Crippen MR) is 166 cm³/mol. The SMILES string of the molecule is CC1CCC2C3NC4NC(NC5NC(NC6NC(NC(N3)C2C1)C1CC(C)CCC61)C1CCCCC51)C1CCCCC41. The first-order valence-electron chi connectivity index (χ1n) is 18.7. The molecule has 4 aliphatic carbocycles. The largest absolute Gasteiger partial charge is 0.286 e. The van der Waals surface area contributed by atoms with Crippen LogP contribution in [0.4, 0.5) is 0 Å². The molecule has 9 aliphatic rings. The van der Waals surface area contributed by atoms with Gasteiger partial charge in [-0.2, -0.15) is 0 Å². The van der Waals surface area contributed by atoms with Gasteiger partial charge in [0.1, 0.15) is 0 Å². The Kier molecular flexibility index (Phi) is 7.44. The van der Waals surface area contributed by atoms with E-state index in [9.17, 15) is 0 Å². The van der Waals surface area contributed by atoms with E-state index in [0.717, 1.165) is 47.3 Å². The average Bonchev–Trinajstić information content (AvgIpc) is 3.72. The molecule has 42 heavy (non-hydrogen) atoms. The number of hydrogen-bond acceptors (Lipinski definition) is 8. The number of nitrogens with one attached hydrogen (secondary N) is 8. The van der Waals surface area contributed by atoms with E-state index in [1.165, 1.54) is 89.9 Å². The molecule has 0 radical (unpaired) electrons. The Labute approximate surface area is 254 Å². The third-order valence-electron chi connectivity index (χ3n) is 14.5. The monoisotopic (exact) mass is 580 g/mol. The summed E-state index contributed by atoms with van der Waals surface area (Å²) in [7, 11) is 0. The van der Waals surface area contributed by atoms with Crippen molar-refractivity contribution < 1.29 is 0 Å². The van der Waals surface area contributed by atoms with Crippen LogP contribution in [0.5, 0.6) is 0 Å². The van der Waals surface area contributed by atoms with Crippen LogP contribution in [-0.4, -0.2) is 49.3 Å². The molecule has 5 aliphatic heterocycles. The van der Waals surface area contributed by atoms with Crippen molar-refractivity contribution in [2.24, 2.45) is 59.2 Å². The van der Waals surface area contributed by atoms with Crippen molar-refractivity contribution in [1.29, 1.82) is 0 Å². The van der Waals surface area contributed by atoms with Crippen molar-refractivity contribution in [2.45, 2.75) is 153 Å². The van der Waals surface area contributed by atoms with E-state index in [1.807, 2.05) is 0 Å². The lowest BCUT2D eigenvalue weighted by atomic mass is 9.73. The predicted octanol–water partition coefficient (Wildman–Crippen LogP) is 3.10. The number of fused-ring (bicyclic) bond motifs is 20. The zero-order valence-corrected chi connectivity index (χ0v) is 26.3. The molecule has 8 bridgehead atoms. The minimum Gasteiger partial charge on any atom is -0.286 e. The van der Waals surface area contributed by atoms with Crippen molar-refractivity contribution in [1.82, 2.24) is 42.5 Å². The lowest BCUT2D eigenvalue weighted by Gasteiger charge is -2.37. The van der Waals surface area contributed by atoms with Crippen LogP contribution in [-0.2, 0) is 0 Å². The maximum atomic E-state index is 4.30. The van der Waals surface area contributed by atoms with Crippen molar-refractivity contribution >= 4 is 0 Å². The minimum atomic E-state index is 0.395. The zero-order chi connectivity index (χ0) is 27.9. The second kappa shape index (κ2) is 11.2. The van der Waals surface area contributed by atoms with Crippen LogP contribution in [0.25, 0.3) is 0 Å². The molecule has 9 rings (SSSR count). The van der Waals surface area contributed by atoms with Crippen LogP contribution in [0.2, 0.25) is 0 Å². The molecule has 8 heteroatoms. The van der Waals surface area contributed by atoms with Gasteiger partial charge in [0.2, 0.25) is 0 Å². The van der Waals surface area contributed by atoms with Gasteiger partial charge < -0.3 is 0 Å². The summed E-state index contributed by atoms with van der Waals surface area (Å²) in [5.41, 5.74) is 0. The minimum absolute atomic E-state index is 0.395. The Balaban J connectivity index is 1.06. The average molecular weight is 581 g/mol. The summed E-state index contributed by atoms with van der Waals surface area (Å²) in [5.74, 6) is 7.51. The topological polar surface area (TPSA) is 96.2 Å². The van der Waals surface area contributed by atoms with E-state index in [0.29, 0.717) is 61.2 Å². The third kappa shape index (κ3) is 4.76. The third-order valence-corrected chi connectivity index (χ3v) is 14.5. The Morgan fingerprint density at radius 1 is 0.286 bits per heavy atom. The lowest BCUT2D eigenvalue weighted by Crippen LogP contribution is -2.61. The van der Waals surface area contributed by atoms with Crippen molar-refractivity contribution in [3.05, 3.63) is 0 Å². The smallest absolute Gasteiger partial charge is 0.0628 e. The fourth-order valence-corrected chi connectivity index (χ4v) is 12.4. The van der Waals surface area contributed by atoms with Gasteiger partial charge in [0.15, 0.2) is 0 Å². The van der Waals surface area contributed by atoms with Crippen molar-refractivity contribution in [2.75, 3.05) is 0 Å². The highest BCUT2D eigenvalue weighted by Gasteiger charge is 2.54. The molecule has 5 heterocycles. The van der Waals surface area contributed by atoms with Crippen LogP contribution < -0.4 is 42.5 Å². The summed E-state index contributed by atoms with van der Waals surface area (Å²) in [6.07, 6.45) is 22.5. The molecule has 8 N–H and O–H groups in total. The van der Waals surface area contributed by atoms with Crippen molar-refractivity contribution in [3.8, 4) is 0 Å². The Bertz CT molecular complexity index is 905.